The van der Waals surface area contributed by atoms with Gasteiger partial charge in [-0.3, -0.25) is 9.59 Å². The highest BCUT2D eigenvalue weighted by atomic mass is 16.3. The molecule has 1 aliphatic rings. The second-order valence-corrected chi connectivity index (χ2v) is 6.17. The van der Waals surface area contributed by atoms with Crippen LogP contribution in [-0.2, 0) is 11.2 Å². The van der Waals surface area contributed by atoms with Crippen LogP contribution in [0, 0.1) is 6.92 Å². The molecule has 0 saturated carbocycles. The van der Waals surface area contributed by atoms with Crippen molar-refractivity contribution in [2.45, 2.75) is 19.8 Å². The predicted octanol–water partition coefficient (Wildman–Crippen LogP) is 2.51. The molecule has 1 aromatic carbocycles. The van der Waals surface area contributed by atoms with Crippen molar-refractivity contribution in [2.75, 3.05) is 26.2 Å². The number of furan rings is 1. The Bertz CT molecular complexity index is 709. The summed E-state index contributed by atoms with van der Waals surface area (Å²) in [4.78, 5) is 28.5. The number of carbonyl (C=O) groups excluding carboxylic acids is 2. The molecular formula is C19H22N2O3. The number of hydrogen-bond acceptors (Lipinski definition) is 3. The molecule has 3 rings (SSSR count). The van der Waals surface area contributed by atoms with E-state index in [0.717, 1.165) is 17.5 Å². The van der Waals surface area contributed by atoms with Crippen LogP contribution in [0.2, 0.25) is 0 Å². The fraction of sp³-hybridized carbons (Fsp3) is 0.368. The monoisotopic (exact) mass is 326 g/mol. The maximum atomic E-state index is 12.5. The van der Waals surface area contributed by atoms with E-state index in [2.05, 4.69) is 0 Å². The van der Waals surface area contributed by atoms with E-state index >= 15 is 0 Å². The quantitative estimate of drug-likeness (QED) is 0.871. The van der Waals surface area contributed by atoms with Gasteiger partial charge in [-0.2, -0.15) is 0 Å². The van der Waals surface area contributed by atoms with Crippen LogP contribution in [0.15, 0.2) is 47.1 Å². The molecular weight excluding hydrogens is 304 g/mol. The zero-order valence-electron chi connectivity index (χ0n) is 13.9. The summed E-state index contributed by atoms with van der Waals surface area (Å²) in [5, 5.41) is 0. The maximum absolute atomic E-state index is 12.5. The summed E-state index contributed by atoms with van der Waals surface area (Å²) < 4.78 is 5.18. The summed E-state index contributed by atoms with van der Waals surface area (Å²) in [6, 6.07) is 11.4. The second-order valence-electron chi connectivity index (χ2n) is 6.17. The Balaban J connectivity index is 1.59. The molecule has 0 bridgehead atoms. The van der Waals surface area contributed by atoms with Gasteiger partial charge in [0.2, 0.25) is 5.91 Å². The molecule has 2 aromatic rings. The molecule has 5 nitrogen and oxygen atoms in total. The zero-order chi connectivity index (χ0) is 16.9. The molecule has 5 heteroatoms. The van der Waals surface area contributed by atoms with E-state index in [-0.39, 0.29) is 11.8 Å². The van der Waals surface area contributed by atoms with E-state index in [1.165, 1.54) is 6.26 Å². The van der Waals surface area contributed by atoms with Gasteiger partial charge in [0.05, 0.1) is 12.7 Å². The number of carbonyl (C=O) groups is 2. The summed E-state index contributed by atoms with van der Waals surface area (Å²) in [5.41, 5.74) is 2.19. The zero-order valence-corrected chi connectivity index (χ0v) is 13.9. The number of rotatable bonds is 3. The third-order valence-corrected chi connectivity index (χ3v) is 4.31. The summed E-state index contributed by atoms with van der Waals surface area (Å²) >= 11 is 0. The van der Waals surface area contributed by atoms with Crippen LogP contribution >= 0.6 is 0 Å². The topological polar surface area (TPSA) is 53.8 Å². The average molecular weight is 326 g/mol. The molecule has 1 saturated heterocycles. The van der Waals surface area contributed by atoms with Gasteiger partial charge in [-0.25, -0.2) is 0 Å². The van der Waals surface area contributed by atoms with Crippen molar-refractivity contribution in [1.29, 1.82) is 0 Å². The third-order valence-electron chi connectivity index (χ3n) is 4.31. The van der Waals surface area contributed by atoms with Gasteiger partial charge in [-0.05, 0) is 31.0 Å². The van der Waals surface area contributed by atoms with Gasteiger partial charge in [-0.15, -0.1) is 0 Å². The fourth-order valence-electron chi connectivity index (χ4n) is 3.03. The van der Waals surface area contributed by atoms with Gasteiger partial charge >= 0.3 is 0 Å². The number of benzene rings is 1. The average Bonchev–Trinajstić information content (AvgIpc) is 2.98. The van der Waals surface area contributed by atoms with E-state index in [0.29, 0.717) is 38.4 Å². The largest absolute Gasteiger partial charge is 0.459 e. The molecule has 2 amide bonds. The van der Waals surface area contributed by atoms with E-state index < -0.39 is 0 Å². The highest BCUT2D eigenvalue weighted by Gasteiger charge is 2.24. The molecule has 2 heterocycles. The van der Waals surface area contributed by atoms with Crippen LogP contribution in [0.25, 0.3) is 0 Å². The number of hydrogen-bond donors (Lipinski definition) is 0. The molecule has 0 unspecified atom stereocenters. The van der Waals surface area contributed by atoms with E-state index in [9.17, 15) is 9.59 Å². The molecule has 1 aromatic heterocycles. The smallest absolute Gasteiger partial charge is 0.289 e. The number of aryl methyl sites for hydroxylation is 1. The standard InChI is InChI=1S/C19H22N2O3/c1-15-5-2-6-16(13-15)14-18(22)20-8-4-9-21(11-10-20)19(23)17-7-3-12-24-17/h2-3,5-7,12-13H,4,8-11,14H2,1H3. The lowest BCUT2D eigenvalue weighted by Gasteiger charge is -2.21. The summed E-state index contributed by atoms with van der Waals surface area (Å²) in [5.74, 6) is 0.371. The van der Waals surface area contributed by atoms with Gasteiger partial charge in [0.25, 0.3) is 5.91 Å². The summed E-state index contributed by atoms with van der Waals surface area (Å²) in [7, 11) is 0. The van der Waals surface area contributed by atoms with Crippen LogP contribution in [0.3, 0.4) is 0 Å². The Morgan fingerprint density at radius 1 is 1.04 bits per heavy atom. The molecule has 126 valence electrons. The molecule has 1 fully saturated rings. The van der Waals surface area contributed by atoms with Crippen molar-refractivity contribution >= 4 is 11.8 Å². The lowest BCUT2D eigenvalue weighted by molar-refractivity contribution is -0.130. The van der Waals surface area contributed by atoms with Crippen LogP contribution in [0.4, 0.5) is 0 Å². The minimum absolute atomic E-state index is 0.104. The van der Waals surface area contributed by atoms with Crippen LogP contribution < -0.4 is 0 Å². The lowest BCUT2D eigenvalue weighted by atomic mass is 10.1. The lowest BCUT2D eigenvalue weighted by Crippen LogP contribution is -2.37. The Morgan fingerprint density at radius 3 is 2.58 bits per heavy atom. The van der Waals surface area contributed by atoms with Crippen LogP contribution in [0.5, 0.6) is 0 Å². The van der Waals surface area contributed by atoms with Crippen molar-refractivity contribution in [3.63, 3.8) is 0 Å². The normalized spacial score (nSPS) is 15.2. The second kappa shape index (κ2) is 7.34. The van der Waals surface area contributed by atoms with Gasteiger partial charge in [-0.1, -0.05) is 29.8 Å². The van der Waals surface area contributed by atoms with Gasteiger partial charge in [0.15, 0.2) is 5.76 Å². The van der Waals surface area contributed by atoms with E-state index in [1.54, 1.807) is 17.0 Å². The Labute approximate surface area is 141 Å². The summed E-state index contributed by atoms with van der Waals surface area (Å²) in [6.07, 6.45) is 2.70. The first-order valence-corrected chi connectivity index (χ1v) is 8.29. The Kier molecular flexibility index (Phi) is 4.99. The number of nitrogens with zero attached hydrogens (tertiary/aromatic N) is 2. The summed E-state index contributed by atoms with van der Waals surface area (Å²) in [6.45, 7) is 4.47. The minimum Gasteiger partial charge on any atom is -0.459 e. The predicted molar refractivity (Wildman–Crippen MR) is 90.7 cm³/mol. The van der Waals surface area contributed by atoms with Gasteiger partial charge in [0.1, 0.15) is 0 Å². The Morgan fingerprint density at radius 2 is 1.83 bits per heavy atom. The van der Waals surface area contributed by atoms with Gasteiger partial charge in [0, 0.05) is 26.2 Å². The van der Waals surface area contributed by atoms with Crippen molar-refractivity contribution in [3.8, 4) is 0 Å². The maximum Gasteiger partial charge on any atom is 0.289 e. The molecule has 0 N–H and O–H groups in total. The first kappa shape index (κ1) is 16.3. The molecule has 0 aliphatic carbocycles. The number of amides is 2. The van der Waals surface area contributed by atoms with Crippen LogP contribution in [-0.4, -0.2) is 47.8 Å². The van der Waals surface area contributed by atoms with Crippen molar-refractivity contribution in [2.24, 2.45) is 0 Å². The SMILES string of the molecule is Cc1cccc(CC(=O)N2CCCN(C(=O)c3ccco3)CC2)c1. The van der Waals surface area contributed by atoms with E-state index in [4.69, 9.17) is 4.42 Å². The first-order chi connectivity index (χ1) is 11.6. The van der Waals surface area contributed by atoms with Crippen molar-refractivity contribution < 1.29 is 14.0 Å². The Hall–Kier alpha value is -2.56. The van der Waals surface area contributed by atoms with E-state index in [1.807, 2.05) is 36.1 Å². The molecule has 24 heavy (non-hydrogen) atoms. The van der Waals surface area contributed by atoms with Crippen molar-refractivity contribution in [3.05, 3.63) is 59.5 Å². The highest BCUT2D eigenvalue weighted by Crippen LogP contribution is 2.12. The minimum atomic E-state index is -0.104. The molecule has 0 radical (unpaired) electrons. The highest BCUT2D eigenvalue weighted by molar-refractivity contribution is 5.91. The van der Waals surface area contributed by atoms with Gasteiger partial charge < -0.3 is 14.2 Å². The first-order valence-electron chi connectivity index (χ1n) is 8.29. The van der Waals surface area contributed by atoms with Crippen LogP contribution in [0.1, 0.15) is 28.1 Å². The van der Waals surface area contributed by atoms with Crippen molar-refractivity contribution in [1.82, 2.24) is 9.80 Å². The molecule has 0 atom stereocenters. The molecule has 0 spiro atoms. The third kappa shape index (κ3) is 3.85. The molecule has 1 aliphatic heterocycles. The fourth-order valence-corrected chi connectivity index (χ4v) is 3.03.